The van der Waals surface area contributed by atoms with Crippen LogP contribution >= 0.6 is 0 Å². The molecule has 0 radical (unpaired) electrons. The quantitative estimate of drug-likeness (QED) is 0.845. The van der Waals surface area contributed by atoms with Crippen LogP contribution in [0.4, 0.5) is 0 Å². The van der Waals surface area contributed by atoms with Crippen molar-refractivity contribution < 1.29 is 23.5 Å². The highest BCUT2D eigenvalue weighted by Gasteiger charge is 2.39. The van der Waals surface area contributed by atoms with Crippen LogP contribution in [0, 0.1) is 11.3 Å². The standard InChI is InChI=1S/C17H16N2O5/c1-9(20)22-8-10-5-6-14(23-10)15-11(7-18)17(19)24-13-4-2-3-12(21)16(13)15/h5-6,15H,2-4,8,19H2,1H3/t15-/m0/s1. The van der Waals surface area contributed by atoms with Crippen LogP contribution in [0.2, 0.25) is 0 Å². The lowest BCUT2D eigenvalue weighted by atomic mass is 9.80. The van der Waals surface area contributed by atoms with Crippen LogP contribution in [0.15, 0.2) is 39.3 Å². The number of nitrogens with zero attached hydrogens (tertiary/aromatic N) is 1. The Balaban J connectivity index is 2.00. The summed E-state index contributed by atoms with van der Waals surface area (Å²) in [6, 6.07) is 5.32. The Kier molecular flexibility index (Phi) is 4.13. The number of ether oxygens (including phenoxy) is 2. The van der Waals surface area contributed by atoms with E-state index in [1.807, 2.05) is 6.07 Å². The molecule has 0 fully saturated rings. The van der Waals surface area contributed by atoms with Gasteiger partial charge in [-0.15, -0.1) is 0 Å². The molecule has 7 nitrogen and oxygen atoms in total. The van der Waals surface area contributed by atoms with Crippen LogP contribution in [-0.2, 0) is 25.7 Å². The summed E-state index contributed by atoms with van der Waals surface area (Å²) in [5.74, 6) is 0.153. The maximum absolute atomic E-state index is 12.4. The number of Topliss-reactive ketones (excluding diaryl/α,β-unsaturated/α-hetero) is 1. The summed E-state index contributed by atoms with van der Waals surface area (Å²) in [7, 11) is 0. The van der Waals surface area contributed by atoms with Crippen molar-refractivity contribution in [3.05, 3.63) is 46.4 Å². The number of rotatable bonds is 3. The third-order valence-corrected chi connectivity index (χ3v) is 3.99. The van der Waals surface area contributed by atoms with Gasteiger partial charge in [-0.3, -0.25) is 9.59 Å². The van der Waals surface area contributed by atoms with Gasteiger partial charge >= 0.3 is 5.97 Å². The van der Waals surface area contributed by atoms with Gasteiger partial charge in [0.2, 0.25) is 5.88 Å². The van der Waals surface area contributed by atoms with Gasteiger partial charge in [0.1, 0.15) is 35.5 Å². The van der Waals surface area contributed by atoms with Crippen molar-refractivity contribution in [2.75, 3.05) is 0 Å². The minimum atomic E-state index is -0.683. The average Bonchev–Trinajstić information content (AvgIpc) is 3.00. The number of nitrogens with two attached hydrogens (primary N) is 1. The van der Waals surface area contributed by atoms with Gasteiger partial charge in [0.15, 0.2) is 5.78 Å². The molecule has 0 saturated heterocycles. The van der Waals surface area contributed by atoms with E-state index in [1.165, 1.54) is 6.92 Å². The fourth-order valence-corrected chi connectivity index (χ4v) is 2.94. The molecule has 2 heterocycles. The number of hydrogen-bond donors (Lipinski definition) is 1. The molecule has 24 heavy (non-hydrogen) atoms. The number of esters is 1. The smallest absolute Gasteiger partial charge is 0.303 e. The summed E-state index contributed by atoms with van der Waals surface area (Å²) in [6.07, 6.45) is 1.69. The minimum Gasteiger partial charge on any atom is -0.461 e. The largest absolute Gasteiger partial charge is 0.461 e. The van der Waals surface area contributed by atoms with Crippen LogP contribution in [0.3, 0.4) is 0 Å². The van der Waals surface area contributed by atoms with E-state index in [0.717, 1.165) is 0 Å². The first-order valence-electron chi connectivity index (χ1n) is 7.57. The maximum atomic E-state index is 12.4. The fourth-order valence-electron chi connectivity index (χ4n) is 2.94. The van der Waals surface area contributed by atoms with Gasteiger partial charge in [-0.25, -0.2) is 0 Å². The second-order valence-electron chi connectivity index (χ2n) is 5.62. The third kappa shape index (κ3) is 2.78. The molecule has 3 rings (SSSR count). The lowest BCUT2D eigenvalue weighted by Crippen LogP contribution is -2.27. The van der Waals surface area contributed by atoms with Crippen molar-refractivity contribution in [1.29, 1.82) is 5.26 Å². The number of ketones is 1. The van der Waals surface area contributed by atoms with Gasteiger partial charge in [0.25, 0.3) is 0 Å². The summed E-state index contributed by atoms with van der Waals surface area (Å²) in [6.45, 7) is 1.29. The van der Waals surface area contributed by atoms with Gasteiger partial charge < -0.3 is 19.6 Å². The predicted molar refractivity (Wildman–Crippen MR) is 80.7 cm³/mol. The van der Waals surface area contributed by atoms with E-state index in [4.69, 9.17) is 19.6 Å². The molecule has 0 unspecified atom stereocenters. The van der Waals surface area contributed by atoms with Crippen LogP contribution in [0.1, 0.15) is 43.6 Å². The molecule has 2 N–H and O–H groups in total. The summed E-state index contributed by atoms with van der Waals surface area (Å²) < 4.78 is 16.1. The molecule has 0 aromatic carbocycles. The van der Waals surface area contributed by atoms with Crippen molar-refractivity contribution in [2.24, 2.45) is 5.73 Å². The molecular formula is C17H16N2O5. The van der Waals surface area contributed by atoms with Crippen molar-refractivity contribution >= 4 is 11.8 Å². The zero-order chi connectivity index (χ0) is 17.3. The van der Waals surface area contributed by atoms with Crippen LogP contribution < -0.4 is 5.73 Å². The van der Waals surface area contributed by atoms with Crippen LogP contribution in [0.5, 0.6) is 0 Å². The van der Waals surface area contributed by atoms with Gasteiger partial charge in [0.05, 0.1) is 5.92 Å². The van der Waals surface area contributed by atoms with Gasteiger partial charge in [-0.1, -0.05) is 0 Å². The lowest BCUT2D eigenvalue weighted by molar-refractivity contribution is -0.142. The molecule has 2 aliphatic rings. The van der Waals surface area contributed by atoms with E-state index < -0.39 is 11.9 Å². The predicted octanol–water partition coefficient (Wildman–Crippen LogP) is 2.16. The lowest BCUT2D eigenvalue weighted by Gasteiger charge is -2.29. The second-order valence-corrected chi connectivity index (χ2v) is 5.62. The average molecular weight is 328 g/mol. The first-order chi connectivity index (χ1) is 11.5. The highest BCUT2D eigenvalue weighted by atomic mass is 16.5. The zero-order valence-corrected chi connectivity index (χ0v) is 13.1. The summed E-state index contributed by atoms with van der Waals surface area (Å²) >= 11 is 0. The molecule has 1 aliphatic carbocycles. The molecule has 1 aliphatic heterocycles. The Bertz CT molecular complexity index is 809. The number of hydrogen-bond acceptors (Lipinski definition) is 7. The van der Waals surface area contributed by atoms with E-state index in [-0.39, 0.29) is 23.8 Å². The first kappa shape index (κ1) is 15.9. The maximum Gasteiger partial charge on any atom is 0.303 e. The van der Waals surface area contributed by atoms with Crippen LogP contribution in [-0.4, -0.2) is 11.8 Å². The first-order valence-corrected chi connectivity index (χ1v) is 7.57. The third-order valence-electron chi connectivity index (χ3n) is 3.99. The number of allylic oxidation sites excluding steroid dienone is 3. The number of furan rings is 1. The number of carbonyl (C=O) groups excluding carboxylic acids is 2. The number of nitriles is 1. The van der Waals surface area contributed by atoms with Crippen molar-refractivity contribution in [1.82, 2.24) is 0 Å². The molecule has 124 valence electrons. The molecule has 1 aromatic heterocycles. The van der Waals surface area contributed by atoms with Crippen molar-refractivity contribution in [3.8, 4) is 6.07 Å². The van der Waals surface area contributed by atoms with E-state index in [2.05, 4.69) is 0 Å². The van der Waals surface area contributed by atoms with E-state index >= 15 is 0 Å². The van der Waals surface area contributed by atoms with E-state index in [0.29, 0.717) is 42.1 Å². The summed E-state index contributed by atoms with van der Waals surface area (Å²) in [4.78, 5) is 23.3. The van der Waals surface area contributed by atoms with E-state index in [1.54, 1.807) is 12.1 Å². The van der Waals surface area contributed by atoms with Gasteiger partial charge in [-0.05, 0) is 18.6 Å². The molecule has 0 bridgehead atoms. The van der Waals surface area contributed by atoms with Crippen LogP contribution in [0.25, 0.3) is 0 Å². The Morgan fingerprint density at radius 3 is 2.96 bits per heavy atom. The zero-order valence-electron chi connectivity index (χ0n) is 13.1. The molecule has 1 atom stereocenters. The Labute approximate surface area is 138 Å². The normalized spacial score (nSPS) is 20.3. The molecule has 1 aromatic rings. The van der Waals surface area contributed by atoms with Gasteiger partial charge in [-0.2, -0.15) is 5.26 Å². The van der Waals surface area contributed by atoms with Crippen molar-refractivity contribution in [2.45, 2.75) is 38.7 Å². The van der Waals surface area contributed by atoms with Crippen molar-refractivity contribution in [3.63, 3.8) is 0 Å². The monoisotopic (exact) mass is 328 g/mol. The molecular weight excluding hydrogens is 312 g/mol. The molecule has 7 heteroatoms. The fraction of sp³-hybridized carbons (Fsp3) is 0.353. The SMILES string of the molecule is CC(=O)OCc1ccc([C@@H]2C(C#N)=C(N)OC3=C2C(=O)CCC3)o1. The highest BCUT2D eigenvalue weighted by molar-refractivity contribution is 5.99. The van der Waals surface area contributed by atoms with E-state index in [9.17, 15) is 14.9 Å². The topological polar surface area (TPSA) is 116 Å². The Hall–Kier alpha value is -3.01. The Morgan fingerprint density at radius 2 is 2.25 bits per heavy atom. The second kappa shape index (κ2) is 6.24. The molecule has 0 saturated carbocycles. The molecule has 0 amide bonds. The summed E-state index contributed by atoms with van der Waals surface area (Å²) in [5.41, 5.74) is 6.43. The Morgan fingerprint density at radius 1 is 1.46 bits per heavy atom. The highest BCUT2D eigenvalue weighted by Crippen LogP contribution is 2.43. The molecule has 0 spiro atoms. The summed E-state index contributed by atoms with van der Waals surface area (Å²) in [5, 5.41) is 9.44. The minimum absolute atomic E-state index is 0.00566. The van der Waals surface area contributed by atoms with Gasteiger partial charge in [0, 0.05) is 25.3 Å². The number of carbonyl (C=O) groups is 2.